The number of nitrogens with one attached hydrogen (secondary N) is 1. The SMILES string of the molecule is Brc1csc(CNc2cnc3ccccc3c2)c1. The standard InChI is InChI=1S/C14H11BrN2S/c15-11-6-13(18-9-11)8-16-12-5-10-3-1-2-4-14(10)17-7-12/h1-7,9,16H,8H2. The van der Waals surface area contributed by atoms with Crippen LogP contribution in [0.15, 0.2) is 52.4 Å². The molecule has 0 saturated heterocycles. The molecule has 0 atom stereocenters. The Morgan fingerprint density at radius 1 is 1.22 bits per heavy atom. The van der Waals surface area contributed by atoms with Crippen molar-refractivity contribution in [3.63, 3.8) is 0 Å². The molecule has 0 unspecified atom stereocenters. The van der Waals surface area contributed by atoms with Gasteiger partial charge in [-0.2, -0.15) is 0 Å². The van der Waals surface area contributed by atoms with Crippen LogP contribution in [0, 0.1) is 0 Å². The van der Waals surface area contributed by atoms with Gasteiger partial charge in [0.15, 0.2) is 0 Å². The molecule has 0 spiro atoms. The third kappa shape index (κ3) is 2.54. The van der Waals surface area contributed by atoms with Crippen molar-refractivity contribution >= 4 is 43.9 Å². The third-order valence-electron chi connectivity index (χ3n) is 2.68. The lowest BCUT2D eigenvalue weighted by atomic mass is 10.2. The summed E-state index contributed by atoms with van der Waals surface area (Å²) >= 11 is 5.20. The molecule has 18 heavy (non-hydrogen) atoms. The number of hydrogen-bond donors (Lipinski definition) is 1. The zero-order valence-electron chi connectivity index (χ0n) is 9.56. The highest BCUT2D eigenvalue weighted by Gasteiger charge is 1.99. The molecule has 0 radical (unpaired) electrons. The van der Waals surface area contributed by atoms with Crippen molar-refractivity contribution < 1.29 is 0 Å². The van der Waals surface area contributed by atoms with Gasteiger partial charge in [0, 0.05) is 26.7 Å². The number of hydrogen-bond acceptors (Lipinski definition) is 3. The van der Waals surface area contributed by atoms with Crippen LogP contribution in [0.3, 0.4) is 0 Å². The van der Waals surface area contributed by atoms with Gasteiger partial charge in [-0.1, -0.05) is 18.2 Å². The van der Waals surface area contributed by atoms with Crippen molar-refractivity contribution in [1.29, 1.82) is 0 Å². The summed E-state index contributed by atoms with van der Waals surface area (Å²) in [6, 6.07) is 12.4. The molecule has 4 heteroatoms. The van der Waals surface area contributed by atoms with E-state index >= 15 is 0 Å². The zero-order chi connectivity index (χ0) is 12.4. The number of halogens is 1. The number of aromatic nitrogens is 1. The maximum Gasteiger partial charge on any atom is 0.0703 e. The van der Waals surface area contributed by atoms with Gasteiger partial charge in [0.25, 0.3) is 0 Å². The quantitative estimate of drug-likeness (QED) is 0.759. The van der Waals surface area contributed by atoms with E-state index < -0.39 is 0 Å². The first-order valence-corrected chi connectivity index (χ1v) is 7.30. The monoisotopic (exact) mass is 318 g/mol. The average molecular weight is 319 g/mol. The number of pyridine rings is 1. The van der Waals surface area contributed by atoms with Gasteiger partial charge in [0.2, 0.25) is 0 Å². The average Bonchev–Trinajstić information content (AvgIpc) is 2.82. The fraction of sp³-hybridized carbons (Fsp3) is 0.0714. The van der Waals surface area contributed by atoms with Crippen LogP contribution in [-0.4, -0.2) is 4.98 Å². The number of para-hydroxylation sites is 1. The first-order chi connectivity index (χ1) is 8.81. The Morgan fingerprint density at radius 2 is 2.11 bits per heavy atom. The zero-order valence-corrected chi connectivity index (χ0v) is 12.0. The summed E-state index contributed by atoms with van der Waals surface area (Å²) in [5.41, 5.74) is 2.08. The normalized spacial score (nSPS) is 10.7. The summed E-state index contributed by atoms with van der Waals surface area (Å²) in [4.78, 5) is 5.73. The van der Waals surface area contributed by atoms with E-state index in [2.05, 4.69) is 49.8 Å². The minimum atomic E-state index is 0.830. The summed E-state index contributed by atoms with van der Waals surface area (Å²) in [6.07, 6.45) is 1.88. The molecule has 3 aromatic rings. The highest BCUT2D eigenvalue weighted by atomic mass is 79.9. The molecule has 0 aliphatic heterocycles. The molecule has 0 amide bonds. The van der Waals surface area contributed by atoms with Gasteiger partial charge in [0.05, 0.1) is 17.4 Å². The van der Waals surface area contributed by atoms with E-state index in [1.165, 1.54) is 4.88 Å². The van der Waals surface area contributed by atoms with Crippen molar-refractivity contribution in [2.75, 3.05) is 5.32 Å². The van der Waals surface area contributed by atoms with Gasteiger partial charge in [-0.15, -0.1) is 11.3 Å². The Morgan fingerprint density at radius 3 is 2.94 bits per heavy atom. The first kappa shape index (κ1) is 11.7. The Kier molecular flexibility index (Phi) is 3.30. The molecule has 90 valence electrons. The van der Waals surface area contributed by atoms with Gasteiger partial charge in [-0.3, -0.25) is 4.98 Å². The number of thiophene rings is 1. The van der Waals surface area contributed by atoms with Crippen LogP contribution in [0.1, 0.15) is 4.88 Å². The second-order valence-corrected chi connectivity index (χ2v) is 5.91. The van der Waals surface area contributed by atoms with Gasteiger partial charge >= 0.3 is 0 Å². The second kappa shape index (κ2) is 5.08. The molecule has 3 rings (SSSR count). The van der Waals surface area contributed by atoms with Crippen molar-refractivity contribution in [3.8, 4) is 0 Å². The smallest absolute Gasteiger partial charge is 0.0703 e. The summed E-state index contributed by atoms with van der Waals surface area (Å²) < 4.78 is 1.14. The van der Waals surface area contributed by atoms with Crippen LogP contribution in [0.4, 0.5) is 5.69 Å². The summed E-state index contributed by atoms with van der Waals surface area (Å²) in [7, 11) is 0. The summed E-state index contributed by atoms with van der Waals surface area (Å²) in [6.45, 7) is 0.830. The predicted octanol–water partition coefficient (Wildman–Crippen LogP) is 4.67. The van der Waals surface area contributed by atoms with Crippen LogP contribution >= 0.6 is 27.3 Å². The first-order valence-electron chi connectivity index (χ1n) is 5.63. The molecular weight excluding hydrogens is 308 g/mol. The maximum atomic E-state index is 4.43. The lowest BCUT2D eigenvalue weighted by molar-refractivity contribution is 1.18. The van der Waals surface area contributed by atoms with Gasteiger partial charge < -0.3 is 5.32 Å². The Bertz CT molecular complexity index is 678. The molecule has 2 nitrogen and oxygen atoms in total. The van der Waals surface area contributed by atoms with E-state index in [0.29, 0.717) is 0 Å². The molecule has 0 aliphatic rings. The second-order valence-electron chi connectivity index (χ2n) is 4.00. The Balaban J connectivity index is 1.78. The summed E-state index contributed by atoms with van der Waals surface area (Å²) in [5, 5.41) is 6.65. The molecule has 0 saturated carbocycles. The number of fused-ring (bicyclic) bond motifs is 1. The van der Waals surface area contributed by atoms with E-state index in [1.54, 1.807) is 11.3 Å². The molecule has 0 fully saturated rings. The Hall–Kier alpha value is -1.39. The van der Waals surface area contributed by atoms with E-state index in [1.807, 2.05) is 24.4 Å². The molecular formula is C14H11BrN2S. The number of anilines is 1. The van der Waals surface area contributed by atoms with Crippen LogP contribution in [0.2, 0.25) is 0 Å². The molecule has 2 heterocycles. The van der Waals surface area contributed by atoms with Crippen LogP contribution in [0.5, 0.6) is 0 Å². The lowest BCUT2D eigenvalue weighted by Crippen LogP contribution is -1.97. The van der Waals surface area contributed by atoms with Crippen LogP contribution < -0.4 is 5.32 Å². The number of rotatable bonds is 3. The fourth-order valence-electron chi connectivity index (χ4n) is 1.80. The highest BCUT2D eigenvalue weighted by Crippen LogP contribution is 2.21. The Labute approximate surface area is 118 Å². The topological polar surface area (TPSA) is 24.9 Å². The van der Waals surface area contributed by atoms with Crippen LogP contribution in [-0.2, 0) is 6.54 Å². The van der Waals surface area contributed by atoms with Gasteiger partial charge in [-0.05, 0) is 34.1 Å². The minimum Gasteiger partial charge on any atom is -0.379 e. The van der Waals surface area contributed by atoms with Crippen LogP contribution in [0.25, 0.3) is 10.9 Å². The maximum absolute atomic E-state index is 4.43. The minimum absolute atomic E-state index is 0.830. The number of nitrogens with zero attached hydrogens (tertiary/aromatic N) is 1. The highest BCUT2D eigenvalue weighted by molar-refractivity contribution is 9.10. The van der Waals surface area contributed by atoms with Gasteiger partial charge in [-0.25, -0.2) is 0 Å². The molecule has 2 aromatic heterocycles. The van der Waals surface area contributed by atoms with Crippen molar-refractivity contribution in [3.05, 3.63) is 57.3 Å². The summed E-state index contributed by atoms with van der Waals surface area (Å²) in [5.74, 6) is 0. The fourth-order valence-corrected chi connectivity index (χ4v) is 3.19. The third-order valence-corrected chi connectivity index (χ3v) is 4.38. The predicted molar refractivity (Wildman–Crippen MR) is 81.1 cm³/mol. The van der Waals surface area contributed by atoms with E-state index in [-0.39, 0.29) is 0 Å². The van der Waals surface area contributed by atoms with E-state index in [0.717, 1.165) is 27.6 Å². The molecule has 0 aliphatic carbocycles. The van der Waals surface area contributed by atoms with Gasteiger partial charge in [0.1, 0.15) is 0 Å². The largest absolute Gasteiger partial charge is 0.379 e. The molecule has 0 bridgehead atoms. The van der Waals surface area contributed by atoms with E-state index in [9.17, 15) is 0 Å². The molecule has 1 aromatic carbocycles. The molecule has 1 N–H and O–H groups in total. The van der Waals surface area contributed by atoms with Crippen molar-refractivity contribution in [2.45, 2.75) is 6.54 Å². The lowest BCUT2D eigenvalue weighted by Gasteiger charge is -2.05. The van der Waals surface area contributed by atoms with E-state index in [4.69, 9.17) is 0 Å². The number of benzene rings is 1. The van der Waals surface area contributed by atoms with Crippen molar-refractivity contribution in [1.82, 2.24) is 4.98 Å². The van der Waals surface area contributed by atoms with Crippen molar-refractivity contribution in [2.24, 2.45) is 0 Å².